The van der Waals surface area contributed by atoms with Crippen LogP contribution in [-0.4, -0.2) is 16.1 Å². The minimum Gasteiger partial charge on any atom is -0.486 e. The van der Waals surface area contributed by atoms with E-state index in [0.717, 1.165) is 29.2 Å². The van der Waals surface area contributed by atoms with Crippen molar-refractivity contribution in [1.29, 1.82) is 0 Å². The first-order valence-electron chi connectivity index (χ1n) is 9.18. The molecule has 0 spiro atoms. The lowest BCUT2D eigenvalue weighted by Gasteiger charge is -2.17. The number of fused-ring (bicyclic) bond motifs is 1. The number of carboxylic acids is 1. The van der Waals surface area contributed by atoms with Crippen LogP contribution in [0.1, 0.15) is 53.2 Å². The summed E-state index contributed by atoms with van der Waals surface area (Å²) in [5.74, 6) is 0.478. The van der Waals surface area contributed by atoms with Crippen LogP contribution in [-0.2, 0) is 11.2 Å². The molecule has 0 saturated carbocycles. The Morgan fingerprint density at radius 3 is 2.79 bits per heavy atom. The highest BCUT2D eigenvalue weighted by atomic mass is 35.5. The molecule has 2 atom stereocenters. The third-order valence-corrected chi connectivity index (χ3v) is 5.24. The average molecular weight is 398 g/mol. The lowest BCUT2D eigenvalue weighted by Crippen LogP contribution is -2.08. The number of benzene rings is 2. The molecular formula is C22H20ClNO4. The highest BCUT2D eigenvalue weighted by Gasteiger charge is 2.25. The molecule has 1 aliphatic carbocycles. The molecule has 4 rings (SSSR count). The van der Waals surface area contributed by atoms with Crippen molar-refractivity contribution >= 4 is 17.6 Å². The molecular weight excluding hydrogens is 378 g/mol. The van der Waals surface area contributed by atoms with Gasteiger partial charge in [-0.15, -0.1) is 0 Å². The molecule has 3 aromatic rings. The summed E-state index contributed by atoms with van der Waals surface area (Å²) in [6, 6.07) is 13.4. The van der Waals surface area contributed by atoms with Crippen LogP contribution in [0.15, 0.2) is 53.1 Å². The van der Waals surface area contributed by atoms with Crippen molar-refractivity contribution in [2.24, 2.45) is 0 Å². The smallest absolute Gasteiger partial charge is 0.304 e. The van der Waals surface area contributed by atoms with Gasteiger partial charge in [0.2, 0.25) is 5.89 Å². The van der Waals surface area contributed by atoms with Gasteiger partial charge in [-0.25, -0.2) is 4.98 Å². The maximum Gasteiger partial charge on any atom is 0.304 e. The number of ether oxygens (including phenoxy) is 1. The lowest BCUT2D eigenvalue weighted by atomic mass is 9.95. The fraction of sp³-hybridized carbons (Fsp3) is 0.273. The van der Waals surface area contributed by atoms with E-state index in [4.69, 9.17) is 20.8 Å². The van der Waals surface area contributed by atoms with Crippen molar-refractivity contribution in [2.75, 3.05) is 0 Å². The van der Waals surface area contributed by atoms with E-state index in [-0.39, 0.29) is 12.5 Å². The minimum absolute atomic E-state index is 0.00215. The normalized spacial score (nSPS) is 16.6. The van der Waals surface area contributed by atoms with Crippen LogP contribution in [0.25, 0.3) is 0 Å². The van der Waals surface area contributed by atoms with Crippen LogP contribution >= 0.6 is 11.6 Å². The van der Waals surface area contributed by atoms with Gasteiger partial charge in [-0.05, 0) is 60.7 Å². The Kier molecular flexibility index (Phi) is 5.09. The van der Waals surface area contributed by atoms with Crippen LogP contribution in [0.5, 0.6) is 5.75 Å². The van der Waals surface area contributed by atoms with E-state index < -0.39 is 11.9 Å². The molecule has 0 fully saturated rings. The largest absolute Gasteiger partial charge is 0.486 e. The lowest BCUT2D eigenvalue weighted by molar-refractivity contribution is -0.137. The Bertz CT molecular complexity index is 996. The second kappa shape index (κ2) is 7.68. The number of oxazole rings is 1. The highest BCUT2D eigenvalue weighted by molar-refractivity contribution is 6.30. The van der Waals surface area contributed by atoms with Gasteiger partial charge < -0.3 is 14.3 Å². The van der Waals surface area contributed by atoms with E-state index in [9.17, 15) is 9.90 Å². The topological polar surface area (TPSA) is 72.6 Å². The van der Waals surface area contributed by atoms with Crippen molar-refractivity contribution in [1.82, 2.24) is 4.98 Å². The van der Waals surface area contributed by atoms with Crippen LogP contribution in [0.3, 0.4) is 0 Å². The Balaban J connectivity index is 1.53. The van der Waals surface area contributed by atoms with Crippen LogP contribution in [0, 0.1) is 6.92 Å². The maximum absolute atomic E-state index is 11.3. The van der Waals surface area contributed by atoms with E-state index >= 15 is 0 Å². The van der Waals surface area contributed by atoms with Crippen molar-refractivity contribution in [2.45, 2.75) is 38.2 Å². The summed E-state index contributed by atoms with van der Waals surface area (Å²) in [6.07, 6.45) is 3.38. The number of halogens is 1. The number of aromatic nitrogens is 1. The quantitative estimate of drug-likeness (QED) is 0.610. The zero-order valence-electron chi connectivity index (χ0n) is 15.4. The standard InChI is InChI=1S/C22H20ClNO4/c1-13-12-24-22(27-13)19(11-21(25)26)14-2-6-17(7-3-14)28-20-9-4-15-10-16(23)5-8-18(15)20/h2-3,5-8,10,12,19-20H,4,9,11H2,1H3,(H,25,26). The van der Waals surface area contributed by atoms with E-state index in [2.05, 4.69) is 4.98 Å². The third-order valence-electron chi connectivity index (χ3n) is 5.00. The molecule has 1 N–H and O–H groups in total. The zero-order valence-corrected chi connectivity index (χ0v) is 16.1. The Hall–Kier alpha value is -2.79. The van der Waals surface area contributed by atoms with Crippen molar-refractivity contribution in [3.8, 4) is 5.75 Å². The number of aryl methyl sites for hydroxylation is 2. The summed E-state index contributed by atoms with van der Waals surface area (Å²) in [6.45, 7) is 1.79. The maximum atomic E-state index is 11.3. The molecule has 0 amide bonds. The summed E-state index contributed by atoms with van der Waals surface area (Å²) in [5, 5.41) is 10.0. The van der Waals surface area contributed by atoms with E-state index in [0.29, 0.717) is 11.7 Å². The van der Waals surface area contributed by atoms with E-state index in [1.54, 1.807) is 13.1 Å². The molecule has 2 aromatic carbocycles. The molecule has 1 aliphatic rings. The second-order valence-electron chi connectivity index (χ2n) is 7.02. The minimum atomic E-state index is -0.901. The Morgan fingerprint density at radius 1 is 1.32 bits per heavy atom. The number of hydrogen-bond donors (Lipinski definition) is 1. The molecule has 2 unspecified atom stereocenters. The molecule has 0 radical (unpaired) electrons. The van der Waals surface area contributed by atoms with Crippen molar-refractivity contribution in [3.63, 3.8) is 0 Å². The summed E-state index contributed by atoms with van der Waals surface area (Å²) < 4.78 is 11.7. The number of carbonyl (C=O) groups is 1. The fourth-order valence-electron chi connectivity index (χ4n) is 3.67. The number of carboxylic acid groups (broad SMARTS) is 1. The molecule has 5 nitrogen and oxygen atoms in total. The zero-order chi connectivity index (χ0) is 19.7. The predicted octanol–water partition coefficient (Wildman–Crippen LogP) is 5.31. The van der Waals surface area contributed by atoms with Crippen LogP contribution < -0.4 is 4.74 Å². The molecule has 1 aromatic heterocycles. The number of rotatable bonds is 6. The molecule has 1 heterocycles. The second-order valence-corrected chi connectivity index (χ2v) is 7.45. The van der Waals surface area contributed by atoms with Crippen LogP contribution in [0.2, 0.25) is 5.02 Å². The predicted molar refractivity (Wildman–Crippen MR) is 105 cm³/mol. The average Bonchev–Trinajstić information content (AvgIpc) is 3.26. The van der Waals surface area contributed by atoms with E-state index in [1.807, 2.05) is 42.5 Å². The number of hydrogen-bond acceptors (Lipinski definition) is 4. The SMILES string of the molecule is Cc1cnc(C(CC(=O)O)c2ccc(OC3CCc4cc(Cl)ccc43)cc2)o1. The summed E-state index contributed by atoms with van der Waals surface area (Å²) in [4.78, 5) is 15.5. The molecule has 0 bridgehead atoms. The monoisotopic (exact) mass is 397 g/mol. The molecule has 0 aliphatic heterocycles. The van der Waals surface area contributed by atoms with Gasteiger partial charge >= 0.3 is 5.97 Å². The van der Waals surface area contributed by atoms with Crippen LogP contribution in [0.4, 0.5) is 0 Å². The summed E-state index contributed by atoms with van der Waals surface area (Å²) in [5.41, 5.74) is 3.23. The van der Waals surface area contributed by atoms with Gasteiger partial charge in [0.15, 0.2) is 0 Å². The van der Waals surface area contributed by atoms with Gasteiger partial charge in [0.25, 0.3) is 0 Å². The van der Waals surface area contributed by atoms with E-state index in [1.165, 1.54) is 11.1 Å². The van der Waals surface area contributed by atoms with Gasteiger partial charge in [0.05, 0.1) is 18.5 Å². The molecule has 144 valence electrons. The fourth-order valence-corrected chi connectivity index (χ4v) is 3.86. The van der Waals surface area contributed by atoms with Gasteiger partial charge in [-0.1, -0.05) is 29.8 Å². The van der Waals surface area contributed by atoms with Crippen molar-refractivity contribution in [3.05, 3.63) is 82.0 Å². The van der Waals surface area contributed by atoms with Gasteiger partial charge in [-0.3, -0.25) is 4.79 Å². The first-order chi connectivity index (χ1) is 13.5. The first kappa shape index (κ1) is 18.6. The van der Waals surface area contributed by atoms with Gasteiger partial charge in [0.1, 0.15) is 17.6 Å². The number of aliphatic carboxylic acids is 1. The Morgan fingerprint density at radius 2 is 2.11 bits per heavy atom. The molecule has 28 heavy (non-hydrogen) atoms. The highest BCUT2D eigenvalue weighted by Crippen LogP contribution is 2.37. The first-order valence-corrected chi connectivity index (χ1v) is 9.56. The van der Waals surface area contributed by atoms with Crippen molar-refractivity contribution < 1.29 is 19.1 Å². The van der Waals surface area contributed by atoms with Gasteiger partial charge in [0, 0.05) is 5.02 Å². The molecule has 6 heteroatoms. The summed E-state index contributed by atoms with van der Waals surface area (Å²) >= 11 is 6.07. The van der Waals surface area contributed by atoms with Gasteiger partial charge in [-0.2, -0.15) is 0 Å². The molecule has 0 saturated heterocycles. The third kappa shape index (κ3) is 3.90. The number of nitrogens with zero attached hydrogens (tertiary/aromatic N) is 1. The summed E-state index contributed by atoms with van der Waals surface area (Å²) in [7, 11) is 0. The Labute approximate surface area is 167 Å².